The van der Waals surface area contributed by atoms with Gasteiger partial charge < -0.3 is 15.8 Å². The second-order valence-electron chi connectivity index (χ2n) is 4.33. The second-order valence-corrected chi connectivity index (χ2v) is 4.33. The number of benzene rings is 2. The first-order chi connectivity index (χ1) is 8.61. The highest BCUT2D eigenvalue weighted by molar-refractivity contribution is 5.69. The van der Waals surface area contributed by atoms with Crippen molar-refractivity contribution in [1.29, 1.82) is 0 Å². The van der Waals surface area contributed by atoms with Gasteiger partial charge in [-0.3, -0.25) is 0 Å². The predicted octanol–water partition coefficient (Wildman–Crippen LogP) is 3.64. The minimum absolute atomic E-state index is 0.797. The van der Waals surface area contributed by atoms with Gasteiger partial charge >= 0.3 is 0 Å². The average molecular weight is 242 g/mol. The zero-order chi connectivity index (χ0) is 13.1. The molecule has 0 atom stereocenters. The third kappa shape index (κ3) is 2.40. The summed E-state index contributed by atoms with van der Waals surface area (Å²) in [6.45, 7) is 4.03. The van der Waals surface area contributed by atoms with E-state index in [0.717, 1.165) is 33.9 Å². The van der Waals surface area contributed by atoms with E-state index in [1.165, 1.54) is 0 Å². The van der Waals surface area contributed by atoms with Crippen molar-refractivity contribution in [3.8, 4) is 5.75 Å². The molecule has 0 aliphatic rings. The Bertz CT molecular complexity index is 564. The summed E-state index contributed by atoms with van der Waals surface area (Å²) in [5.74, 6) is 0.893. The Kier molecular flexibility index (Phi) is 3.42. The lowest BCUT2D eigenvalue weighted by molar-refractivity contribution is 0.412. The van der Waals surface area contributed by atoms with Crippen molar-refractivity contribution in [2.24, 2.45) is 0 Å². The maximum atomic E-state index is 5.89. The third-order valence-electron chi connectivity index (χ3n) is 3.05. The fourth-order valence-corrected chi connectivity index (χ4v) is 1.90. The number of aryl methyl sites for hydroxylation is 1. The summed E-state index contributed by atoms with van der Waals surface area (Å²) in [6, 6.07) is 11.9. The molecule has 0 aromatic heterocycles. The zero-order valence-electron chi connectivity index (χ0n) is 10.9. The van der Waals surface area contributed by atoms with E-state index in [1.54, 1.807) is 7.11 Å². The number of nitrogens with two attached hydrogens (primary N) is 1. The molecule has 0 saturated carbocycles. The van der Waals surface area contributed by atoms with Gasteiger partial charge in [-0.05, 0) is 55.3 Å². The molecular weight excluding hydrogens is 224 g/mol. The van der Waals surface area contributed by atoms with Gasteiger partial charge in [0.1, 0.15) is 5.75 Å². The van der Waals surface area contributed by atoms with Crippen molar-refractivity contribution >= 4 is 17.1 Å². The lowest BCUT2D eigenvalue weighted by Crippen LogP contribution is -1.97. The number of hydrogen-bond acceptors (Lipinski definition) is 3. The normalized spacial score (nSPS) is 10.2. The fraction of sp³-hybridized carbons (Fsp3) is 0.200. The van der Waals surface area contributed by atoms with Crippen molar-refractivity contribution in [2.45, 2.75) is 13.8 Å². The molecule has 0 radical (unpaired) electrons. The summed E-state index contributed by atoms with van der Waals surface area (Å²) >= 11 is 0. The van der Waals surface area contributed by atoms with Crippen LogP contribution in [0.15, 0.2) is 36.4 Å². The van der Waals surface area contributed by atoms with E-state index < -0.39 is 0 Å². The van der Waals surface area contributed by atoms with Crippen molar-refractivity contribution in [3.63, 3.8) is 0 Å². The predicted molar refractivity (Wildman–Crippen MR) is 76.6 cm³/mol. The maximum Gasteiger partial charge on any atom is 0.121 e. The van der Waals surface area contributed by atoms with E-state index in [1.807, 2.05) is 44.2 Å². The molecule has 0 saturated heterocycles. The molecule has 0 aliphatic carbocycles. The molecule has 0 bridgehead atoms. The number of methoxy groups -OCH3 is 1. The molecule has 18 heavy (non-hydrogen) atoms. The van der Waals surface area contributed by atoms with E-state index in [4.69, 9.17) is 10.5 Å². The van der Waals surface area contributed by atoms with Crippen molar-refractivity contribution < 1.29 is 4.74 Å². The summed E-state index contributed by atoms with van der Waals surface area (Å²) in [5, 5.41) is 3.37. The van der Waals surface area contributed by atoms with Gasteiger partial charge in [0.05, 0.1) is 7.11 Å². The molecule has 0 aliphatic heterocycles. The molecule has 3 heteroatoms. The summed E-state index contributed by atoms with van der Waals surface area (Å²) in [5.41, 5.74) is 10.9. The first-order valence-electron chi connectivity index (χ1n) is 5.88. The van der Waals surface area contributed by atoms with Crippen LogP contribution in [0.1, 0.15) is 11.1 Å². The highest BCUT2D eigenvalue weighted by Gasteiger charge is 2.03. The van der Waals surface area contributed by atoms with Crippen molar-refractivity contribution in [3.05, 3.63) is 47.5 Å². The minimum atomic E-state index is 0.797. The van der Waals surface area contributed by atoms with Crippen LogP contribution in [0.5, 0.6) is 5.75 Å². The van der Waals surface area contributed by atoms with Crippen LogP contribution in [0.2, 0.25) is 0 Å². The van der Waals surface area contributed by atoms with Gasteiger partial charge in [-0.2, -0.15) is 0 Å². The van der Waals surface area contributed by atoms with Crippen LogP contribution in [-0.2, 0) is 0 Å². The van der Waals surface area contributed by atoms with E-state index in [0.29, 0.717) is 0 Å². The molecule has 2 aromatic carbocycles. The fourth-order valence-electron chi connectivity index (χ4n) is 1.90. The molecule has 3 nitrogen and oxygen atoms in total. The number of nitrogen functional groups attached to an aromatic ring is 1. The lowest BCUT2D eigenvalue weighted by atomic mass is 10.1. The summed E-state index contributed by atoms with van der Waals surface area (Å²) in [7, 11) is 1.68. The number of rotatable bonds is 3. The van der Waals surface area contributed by atoms with Crippen molar-refractivity contribution in [2.75, 3.05) is 18.2 Å². The van der Waals surface area contributed by atoms with Crippen LogP contribution in [0.4, 0.5) is 17.1 Å². The molecular formula is C15H18N2O. The standard InChI is InChI=1S/C15H18N2O/c1-10-9-12(7-8-15(10)18-3)17-14-6-4-5-13(16)11(14)2/h4-9,17H,16H2,1-3H3. The monoisotopic (exact) mass is 242 g/mol. The van der Waals surface area contributed by atoms with Gasteiger partial charge in [-0.1, -0.05) is 6.07 Å². The lowest BCUT2D eigenvalue weighted by Gasteiger charge is -2.13. The van der Waals surface area contributed by atoms with Crippen molar-refractivity contribution in [1.82, 2.24) is 0 Å². The Morgan fingerprint density at radius 3 is 2.56 bits per heavy atom. The maximum absolute atomic E-state index is 5.89. The van der Waals surface area contributed by atoms with Crippen LogP contribution in [0, 0.1) is 13.8 Å². The highest BCUT2D eigenvalue weighted by Crippen LogP contribution is 2.27. The molecule has 0 fully saturated rings. The SMILES string of the molecule is COc1ccc(Nc2cccc(N)c2C)cc1C. The van der Waals surface area contributed by atoms with Gasteiger partial charge in [0, 0.05) is 17.1 Å². The van der Waals surface area contributed by atoms with Gasteiger partial charge in [0.2, 0.25) is 0 Å². The second kappa shape index (κ2) is 5.00. The zero-order valence-corrected chi connectivity index (χ0v) is 10.9. The third-order valence-corrected chi connectivity index (χ3v) is 3.05. The summed E-state index contributed by atoms with van der Waals surface area (Å²) in [6.07, 6.45) is 0. The molecule has 94 valence electrons. The first kappa shape index (κ1) is 12.3. The largest absolute Gasteiger partial charge is 0.496 e. The Balaban J connectivity index is 2.29. The van der Waals surface area contributed by atoms with Crippen LogP contribution in [0.25, 0.3) is 0 Å². The quantitative estimate of drug-likeness (QED) is 0.808. The minimum Gasteiger partial charge on any atom is -0.496 e. The van der Waals surface area contributed by atoms with E-state index >= 15 is 0 Å². The van der Waals surface area contributed by atoms with Gasteiger partial charge in [0.25, 0.3) is 0 Å². The Hall–Kier alpha value is -2.16. The molecule has 0 heterocycles. The van der Waals surface area contributed by atoms with Crippen LogP contribution < -0.4 is 15.8 Å². The number of nitrogens with one attached hydrogen (secondary N) is 1. The highest BCUT2D eigenvalue weighted by atomic mass is 16.5. The topological polar surface area (TPSA) is 47.3 Å². The van der Waals surface area contributed by atoms with Crippen LogP contribution in [0.3, 0.4) is 0 Å². The number of anilines is 3. The first-order valence-corrected chi connectivity index (χ1v) is 5.88. The summed E-state index contributed by atoms with van der Waals surface area (Å²) in [4.78, 5) is 0. The molecule has 2 aromatic rings. The molecule has 0 unspecified atom stereocenters. The Morgan fingerprint density at radius 2 is 1.89 bits per heavy atom. The molecule has 0 spiro atoms. The Morgan fingerprint density at radius 1 is 1.11 bits per heavy atom. The van der Waals surface area contributed by atoms with E-state index in [-0.39, 0.29) is 0 Å². The molecule has 3 N–H and O–H groups in total. The van der Waals surface area contributed by atoms with Gasteiger partial charge in [-0.25, -0.2) is 0 Å². The van der Waals surface area contributed by atoms with Gasteiger partial charge in [0.15, 0.2) is 0 Å². The van der Waals surface area contributed by atoms with Crippen LogP contribution >= 0.6 is 0 Å². The van der Waals surface area contributed by atoms with Gasteiger partial charge in [-0.15, -0.1) is 0 Å². The van der Waals surface area contributed by atoms with Crippen LogP contribution in [-0.4, -0.2) is 7.11 Å². The summed E-state index contributed by atoms with van der Waals surface area (Å²) < 4.78 is 5.25. The number of hydrogen-bond donors (Lipinski definition) is 2. The number of ether oxygens (including phenoxy) is 1. The van der Waals surface area contributed by atoms with E-state index in [2.05, 4.69) is 11.4 Å². The van der Waals surface area contributed by atoms with E-state index in [9.17, 15) is 0 Å². The Labute approximate surface area is 108 Å². The molecule has 0 amide bonds. The average Bonchev–Trinajstić information content (AvgIpc) is 2.35. The molecule has 2 rings (SSSR count). The smallest absolute Gasteiger partial charge is 0.121 e.